The van der Waals surface area contributed by atoms with E-state index < -0.39 is 27.1 Å². The fraction of sp³-hybridized carbons (Fsp3) is 0.600. The van der Waals surface area contributed by atoms with Gasteiger partial charge >= 0.3 is 15.6 Å². The van der Waals surface area contributed by atoms with Gasteiger partial charge in [0.25, 0.3) is 5.88 Å². The van der Waals surface area contributed by atoms with Crippen molar-refractivity contribution in [3.05, 3.63) is 22.4 Å². The first-order chi connectivity index (χ1) is 11.5. The Morgan fingerprint density at radius 1 is 1.32 bits per heavy atom. The minimum Gasteiger partial charge on any atom is -0.370 e. The Labute approximate surface area is 142 Å². The van der Waals surface area contributed by atoms with Crippen molar-refractivity contribution in [2.24, 2.45) is 0 Å². The van der Waals surface area contributed by atoms with Crippen LogP contribution in [-0.4, -0.2) is 24.5 Å². The van der Waals surface area contributed by atoms with Gasteiger partial charge in [0.2, 0.25) is 0 Å². The molecular formula is C15H15F3N2O4S. The molecule has 1 saturated carbocycles. The second kappa shape index (κ2) is 5.57. The molecule has 6 nitrogen and oxygen atoms in total. The molecule has 1 aromatic heterocycles. The van der Waals surface area contributed by atoms with Crippen LogP contribution in [0.5, 0.6) is 5.88 Å². The van der Waals surface area contributed by atoms with E-state index in [1.165, 1.54) is 0 Å². The normalized spacial score (nSPS) is 19.8. The third-order valence-electron chi connectivity index (χ3n) is 4.17. The highest BCUT2D eigenvalue weighted by Gasteiger charge is 2.49. The number of nitrogens with zero attached hydrogens (tertiary/aromatic N) is 2. The van der Waals surface area contributed by atoms with Crippen LogP contribution in [0.2, 0.25) is 0 Å². The van der Waals surface area contributed by atoms with E-state index in [2.05, 4.69) is 9.17 Å². The fourth-order valence-corrected chi connectivity index (χ4v) is 3.21. The molecule has 0 bridgehead atoms. The lowest BCUT2D eigenvalue weighted by molar-refractivity contribution is -0.0503. The second-order valence-electron chi connectivity index (χ2n) is 6.73. The predicted molar refractivity (Wildman–Crippen MR) is 79.1 cm³/mol. The second-order valence-corrected chi connectivity index (χ2v) is 8.27. The van der Waals surface area contributed by atoms with E-state index in [1.54, 1.807) is 19.9 Å². The summed E-state index contributed by atoms with van der Waals surface area (Å²) in [7, 11) is -5.91. The summed E-state index contributed by atoms with van der Waals surface area (Å²) in [5.74, 6) is -0.791. The number of nitriles is 1. The summed E-state index contributed by atoms with van der Waals surface area (Å²) in [4.78, 5) is 3.96. The third-order valence-corrected chi connectivity index (χ3v) is 5.11. The summed E-state index contributed by atoms with van der Waals surface area (Å²) < 4.78 is 70.6. The van der Waals surface area contributed by atoms with Crippen molar-refractivity contribution in [3.63, 3.8) is 0 Å². The molecule has 136 valence electrons. The van der Waals surface area contributed by atoms with E-state index in [0.717, 1.165) is 12.8 Å². The Kier molecular flexibility index (Phi) is 4.00. The van der Waals surface area contributed by atoms with Gasteiger partial charge in [-0.15, -0.1) is 0 Å². The number of fused-ring (bicyclic) bond motifs is 1. The zero-order valence-electron chi connectivity index (χ0n) is 13.5. The Morgan fingerprint density at radius 2 is 1.96 bits per heavy atom. The van der Waals surface area contributed by atoms with Crippen molar-refractivity contribution < 1.29 is 30.5 Å². The smallest absolute Gasteiger partial charge is 0.370 e. The van der Waals surface area contributed by atoms with Crippen molar-refractivity contribution >= 4 is 10.1 Å². The molecule has 1 aliphatic heterocycles. The zero-order chi connectivity index (χ0) is 18.6. The standard InChI is InChI=1S/C15H15F3N2O4S/c1-14(2)5-9-10(6-19)13(24-25(21,22)15(16,17)18)20-12(8-3-4-8)11(9)7-23-14/h8H,3-5,7H2,1-2H3. The molecule has 1 aliphatic carbocycles. The average molecular weight is 376 g/mol. The van der Waals surface area contributed by atoms with Gasteiger partial charge in [-0.05, 0) is 32.3 Å². The maximum absolute atomic E-state index is 12.6. The molecule has 0 aromatic carbocycles. The number of hydrogen-bond donors (Lipinski definition) is 0. The fourth-order valence-electron chi connectivity index (χ4n) is 2.79. The number of halogens is 3. The Hall–Kier alpha value is -1.86. The molecule has 0 unspecified atom stereocenters. The van der Waals surface area contributed by atoms with Crippen LogP contribution in [0.4, 0.5) is 13.2 Å². The predicted octanol–water partition coefficient (Wildman–Crippen LogP) is 2.91. The molecule has 0 radical (unpaired) electrons. The minimum atomic E-state index is -5.91. The van der Waals surface area contributed by atoms with Gasteiger partial charge in [-0.25, -0.2) is 4.98 Å². The van der Waals surface area contributed by atoms with Crippen LogP contribution in [0.3, 0.4) is 0 Å². The summed E-state index contributed by atoms with van der Waals surface area (Å²) in [6.07, 6.45) is 1.83. The van der Waals surface area contributed by atoms with E-state index in [0.29, 0.717) is 16.8 Å². The van der Waals surface area contributed by atoms with Gasteiger partial charge in [0.15, 0.2) is 0 Å². The first-order valence-corrected chi connectivity index (χ1v) is 8.96. The van der Waals surface area contributed by atoms with Gasteiger partial charge < -0.3 is 8.92 Å². The van der Waals surface area contributed by atoms with Gasteiger partial charge in [-0.2, -0.15) is 26.9 Å². The Balaban J connectivity index is 2.17. The highest BCUT2D eigenvalue weighted by molar-refractivity contribution is 7.87. The van der Waals surface area contributed by atoms with Gasteiger partial charge in [0.05, 0.1) is 17.9 Å². The molecule has 3 rings (SSSR count). The van der Waals surface area contributed by atoms with Crippen LogP contribution >= 0.6 is 0 Å². The SMILES string of the molecule is CC1(C)Cc2c(C#N)c(OS(=O)(=O)C(F)(F)F)nc(C3CC3)c2CO1. The maximum atomic E-state index is 12.6. The number of hydrogen-bond acceptors (Lipinski definition) is 6. The summed E-state index contributed by atoms with van der Waals surface area (Å²) >= 11 is 0. The first kappa shape index (κ1) is 17.9. The lowest BCUT2D eigenvalue weighted by Crippen LogP contribution is -2.34. The van der Waals surface area contributed by atoms with Crippen LogP contribution in [-0.2, 0) is 27.9 Å². The maximum Gasteiger partial charge on any atom is 0.534 e. The highest BCUT2D eigenvalue weighted by atomic mass is 32.2. The van der Waals surface area contributed by atoms with E-state index >= 15 is 0 Å². The van der Waals surface area contributed by atoms with Crippen molar-refractivity contribution in [2.75, 3.05) is 0 Å². The number of ether oxygens (including phenoxy) is 1. The van der Waals surface area contributed by atoms with E-state index in [-0.39, 0.29) is 24.5 Å². The molecule has 0 N–H and O–H groups in total. The summed E-state index contributed by atoms with van der Waals surface area (Å²) in [5, 5.41) is 9.40. The monoisotopic (exact) mass is 376 g/mol. The molecule has 1 fully saturated rings. The largest absolute Gasteiger partial charge is 0.534 e. The minimum absolute atomic E-state index is 0.0160. The zero-order valence-corrected chi connectivity index (χ0v) is 14.3. The lowest BCUT2D eigenvalue weighted by atomic mass is 9.87. The number of rotatable bonds is 3. The van der Waals surface area contributed by atoms with Gasteiger partial charge in [-0.3, -0.25) is 0 Å². The molecule has 10 heteroatoms. The van der Waals surface area contributed by atoms with Crippen LogP contribution in [0.25, 0.3) is 0 Å². The van der Waals surface area contributed by atoms with E-state index in [4.69, 9.17) is 4.74 Å². The van der Waals surface area contributed by atoms with Gasteiger partial charge in [-0.1, -0.05) is 0 Å². The van der Waals surface area contributed by atoms with Gasteiger partial charge in [0, 0.05) is 17.9 Å². The van der Waals surface area contributed by atoms with Crippen LogP contribution in [0.15, 0.2) is 0 Å². The summed E-state index contributed by atoms with van der Waals surface area (Å²) in [5.41, 5.74) is -4.97. The molecule has 2 aliphatic rings. The highest BCUT2D eigenvalue weighted by Crippen LogP contribution is 2.46. The van der Waals surface area contributed by atoms with Gasteiger partial charge in [0.1, 0.15) is 11.6 Å². The molecule has 2 heterocycles. The molecule has 25 heavy (non-hydrogen) atoms. The topological polar surface area (TPSA) is 89.3 Å². The van der Waals surface area contributed by atoms with Crippen molar-refractivity contribution in [2.45, 2.75) is 56.7 Å². The van der Waals surface area contributed by atoms with Crippen LogP contribution < -0.4 is 4.18 Å². The lowest BCUT2D eigenvalue weighted by Gasteiger charge is -2.33. The molecule has 0 spiro atoms. The van der Waals surface area contributed by atoms with Crippen LogP contribution in [0, 0.1) is 11.3 Å². The Morgan fingerprint density at radius 3 is 2.48 bits per heavy atom. The van der Waals surface area contributed by atoms with E-state index in [1.807, 2.05) is 0 Å². The molecule has 1 aromatic rings. The average Bonchev–Trinajstić information content (AvgIpc) is 3.28. The molecule has 0 atom stereocenters. The Bertz CT molecular complexity index is 868. The molecule has 0 saturated heterocycles. The number of alkyl halides is 3. The summed E-state index contributed by atoms with van der Waals surface area (Å²) in [6, 6.07) is 1.75. The van der Waals surface area contributed by atoms with Crippen LogP contribution in [0.1, 0.15) is 55.0 Å². The number of aromatic nitrogens is 1. The third kappa shape index (κ3) is 3.30. The van der Waals surface area contributed by atoms with Crippen molar-refractivity contribution in [3.8, 4) is 11.9 Å². The molecule has 0 amide bonds. The molecular weight excluding hydrogens is 361 g/mol. The van der Waals surface area contributed by atoms with E-state index in [9.17, 15) is 26.9 Å². The van der Waals surface area contributed by atoms with Crippen molar-refractivity contribution in [1.82, 2.24) is 4.98 Å². The first-order valence-electron chi connectivity index (χ1n) is 7.55. The summed E-state index contributed by atoms with van der Waals surface area (Å²) in [6.45, 7) is 3.73. The van der Waals surface area contributed by atoms with Crippen molar-refractivity contribution in [1.29, 1.82) is 5.26 Å². The number of pyridine rings is 1. The quantitative estimate of drug-likeness (QED) is 0.595.